The van der Waals surface area contributed by atoms with E-state index in [9.17, 15) is 9.18 Å². The molecule has 1 unspecified atom stereocenters. The van der Waals surface area contributed by atoms with Gasteiger partial charge < -0.3 is 5.32 Å². The summed E-state index contributed by atoms with van der Waals surface area (Å²) >= 11 is 0. The number of benzene rings is 2. The van der Waals surface area contributed by atoms with Crippen LogP contribution < -0.4 is 5.32 Å². The first-order valence-electron chi connectivity index (χ1n) is 7.56. The molecule has 1 amide bonds. The third-order valence-electron chi connectivity index (χ3n) is 3.62. The van der Waals surface area contributed by atoms with Crippen molar-refractivity contribution >= 4 is 5.91 Å². The Hall–Kier alpha value is -3.08. The van der Waals surface area contributed by atoms with Crippen molar-refractivity contribution in [2.24, 2.45) is 0 Å². The second-order valence-corrected chi connectivity index (χ2v) is 5.39. The molecule has 2 aromatic carbocycles. The predicted molar refractivity (Wildman–Crippen MR) is 88.6 cm³/mol. The van der Waals surface area contributed by atoms with Crippen LogP contribution in [0.4, 0.5) is 4.39 Å². The molecular weight excluding hydrogens is 305 g/mol. The zero-order valence-electron chi connectivity index (χ0n) is 12.9. The largest absolute Gasteiger partial charge is 0.345 e. The first-order chi connectivity index (χ1) is 11.7. The molecule has 120 valence electrons. The summed E-state index contributed by atoms with van der Waals surface area (Å²) < 4.78 is 13.2. The standard InChI is InChI=1S/C19H16FN3O/c20-17-8-6-16(7-9-17)19(15-4-2-1-3-5-15)23-18(24)10-14-11-21-13-22-12-14/h1-9,11-13,19H,10H2,(H,23,24). The van der Waals surface area contributed by atoms with Gasteiger partial charge in [-0.1, -0.05) is 42.5 Å². The maximum Gasteiger partial charge on any atom is 0.225 e. The highest BCUT2D eigenvalue weighted by atomic mass is 19.1. The summed E-state index contributed by atoms with van der Waals surface area (Å²) in [5, 5.41) is 3.00. The fourth-order valence-corrected chi connectivity index (χ4v) is 2.48. The van der Waals surface area contributed by atoms with Crippen LogP contribution in [0.5, 0.6) is 0 Å². The molecule has 5 heteroatoms. The Bertz CT molecular complexity index is 792. The Labute approximate surface area is 139 Å². The monoisotopic (exact) mass is 321 g/mol. The van der Waals surface area contributed by atoms with Gasteiger partial charge in [-0.15, -0.1) is 0 Å². The Morgan fingerprint density at radius 1 is 0.958 bits per heavy atom. The van der Waals surface area contributed by atoms with Gasteiger partial charge in [0.15, 0.2) is 0 Å². The number of carbonyl (C=O) groups is 1. The Morgan fingerprint density at radius 2 is 1.58 bits per heavy atom. The van der Waals surface area contributed by atoms with E-state index in [1.54, 1.807) is 24.5 Å². The highest BCUT2D eigenvalue weighted by molar-refractivity contribution is 5.79. The van der Waals surface area contributed by atoms with Gasteiger partial charge in [0.1, 0.15) is 12.1 Å². The molecule has 0 saturated heterocycles. The lowest BCUT2D eigenvalue weighted by atomic mass is 9.98. The number of nitrogens with zero attached hydrogens (tertiary/aromatic N) is 2. The number of aromatic nitrogens is 2. The minimum atomic E-state index is -0.344. The number of hydrogen-bond acceptors (Lipinski definition) is 3. The van der Waals surface area contributed by atoms with Crippen molar-refractivity contribution in [2.75, 3.05) is 0 Å². The molecule has 3 aromatic rings. The lowest BCUT2D eigenvalue weighted by Crippen LogP contribution is -2.30. The Morgan fingerprint density at radius 3 is 2.25 bits per heavy atom. The number of hydrogen-bond donors (Lipinski definition) is 1. The van der Waals surface area contributed by atoms with Gasteiger partial charge in [0.05, 0.1) is 12.5 Å². The van der Waals surface area contributed by atoms with E-state index in [0.717, 1.165) is 16.7 Å². The first-order valence-corrected chi connectivity index (χ1v) is 7.56. The molecule has 3 rings (SSSR count). The van der Waals surface area contributed by atoms with Crippen molar-refractivity contribution in [1.82, 2.24) is 15.3 Å². The average molecular weight is 321 g/mol. The Kier molecular flexibility index (Phi) is 4.91. The van der Waals surface area contributed by atoms with Gasteiger partial charge >= 0.3 is 0 Å². The van der Waals surface area contributed by atoms with E-state index in [0.29, 0.717) is 0 Å². The van der Waals surface area contributed by atoms with Crippen molar-refractivity contribution in [3.05, 3.63) is 95.8 Å². The molecule has 0 aliphatic rings. The fraction of sp³-hybridized carbons (Fsp3) is 0.105. The van der Waals surface area contributed by atoms with E-state index in [1.165, 1.54) is 18.5 Å². The summed E-state index contributed by atoms with van der Waals surface area (Å²) in [7, 11) is 0. The molecule has 0 saturated carbocycles. The summed E-state index contributed by atoms with van der Waals surface area (Å²) in [5.74, 6) is -0.457. The molecule has 24 heavy (non-hydrogen) atoms. The van der Waals surface area contributed by atoms with Gasteiger partial charge in [0, 0.05) is 12.4 Å². The number of halogens is 1. The second kappa shape index (κ2) is 7.46. The van der Waals surface area contributed by atoms with E-state index < -0.39 is 0 Å². The molecular formula is C19H16FN3O. The lowest BCUT2D eigenvalue weighted by Gasteiger charge is -2.20. The van der Waals surface area contributed by atoms with E-state index in [1.807, 2.05) is 30.3 Å². The van der Waals surface area contributed by atoms with Crippen LogP contribution in [0.3, 0.4) is 0 Å². The van der Waals surface area contributed by atoms with Crippen LogP contribution in [0.1, 0.15) is 22.7 Å². The summed E-state index contributed by atoms with van der Waals surface area (Å²) in [6.07, 6.45) is 4.84. The normalized spacial score (nSPS) is 11.7. The zero-order valence-corrected chi connectivity index (χ0v) is 12.9. The van der Waals surface area contributed by atoms with Gasteiger partial charge in [-0.05, 0) is 28.8 Å². The third kappa shape index (κ3) is 4.01. The zero-order chi connectivity index (χ0) is 16.8. The van der Waals surface area contributed by atoms with Crippen LogP contribution in [-0.2, 0) is 11.2 Å². The summed E-state index contributed by atoms with van der Waals surface area (Å²) in [6.45, 7) is 0. The molecule has 1 atom stereocenters. The van der Waals surface area contributed by atoms with Crippen LogP contribution in [0.25, 0.3) is 0 Å². The summed E-state index contributed by atoms with van der Waals surface area (Å²) in [4.78, 5) is 20.2. The van der Waals surface area contributed by atoms with E-state index >= 15 is 0 Å². The molecule has 1 N–H and O–H groups in total. The smallest absolute Gasteiger partial charge is 0.225 e. The Balaban J connectivity index is 1.82. The first kappa shape index (κ1) is 15.8. The molecule has 4 nitrogen and oxygen atoms in total. The predicted octanol–water partition coefficient (Wildman–Crippen LogP) is 3.06. The van der Waals surface area contributed by atoms with Crippen LogP contribution in [0.15, 0.2) is 73.3 Å². The number of rotatable bonds is 5. The molecule has 1 aromatic heterocycles. The van der Waals surface area contributed by atoms with Crippen molar-refractivity contribution in [1.29, 1.82) is 0 Å². The average Bonchev–Trinajstić information content (AvgIpc) is 2.62. The minimum Gasteiger partial charge on any atom is -0.345 e. The molecule has 0 spiro atoms. The van der Waals surface area contributed by atoms with E-state index in [2.05, 4.69) is 15.3 Å². The lowest BCUT2D eigenvalue weighted by molar-refractivity contribution is -0.120. The van der Waals surface area contributed by atoms with Gasteiger partial charge in [-0.25, -0.2) is 14.4 Å². The minimum absolute atomic E-state index is 0.150. The fourth-order valence-electron chi connectivity index (χ4n) is 2.48. The van der Waals surface area contributed by atoms with Gasteiger partial charge in [0.2, 0.25) is 5.91 Å². The number of carbonyl (C=O) groups excluding carboxylic acids is 1. The molecule has 0 radical (unpaired) electrons. The molecule has 0 aliphatic carbocycles. The third-order valence-corrected chi connectivity index (χ3v) is 3.62. The second-order valence-electron chi connectivity index (χ2n) is 5.39. The van der Waals surface area contributed by atoms with Crippen LogP contribution in [0.2, 0.25) is 0 Å². The van der Waals surface area contributed by atoms with Crippen LogP contribution in [-0.4, -0.2) is 15.9 Å². The van der Waals surface area contributed by atoms with Crippen molar-refractivity contribution in [3.8, 4) is 0 Å². The van der Waals surface area contributed by atoms with Gasteiger partial charge in [0.25, 0.3) is 0 Å². The molecule has 0 aliphatic heterocycles. The highest BCUT2D eigenvalue weighted by Crippen LogP contribution is 2.22. The maximum absolute atomic E-state index is 13.2. The molecule has 0 bridgehead atoms. The SMILES string of the molecule is O=C(Cc1cncnc1)NC(c1ccccc1)c1ccc(F)cc1. The summed E-state index contributed by atoms with van der Waals surface area (Å²) in [6, 6.07) is 15.4. The van der Waals surface area contributed by atoms with E-state index in [-0.39, 0.29) is 24.2 Å². The van der Waals surface area contributed by atoms with Gasteiger partial charge in [-0.3, -0.25) is 4.79 Å². The number of nitrogens with one attached hydrogen (secondary N) is 1. The molecule has 0 fully saturated rings. The van der Waals surface area contributed by atoms with Crippen LogP contribution in [0, 0.1) is 5.82 Å². The topological polar surface area (TPSA) is 54.9 Å². The van der Waals surface area contributed by atoms with Crippen molar-refractivity contribution in [3.63, 3.8) is 0 Å². The van der Waals surface area contributed by atoms with E-state index in [4.69, 9.17) is 0 Å². The quantitative estimate of drug-likeness (QED) is 0.786. The summed E-state index contributed by atoms with van der Waals surface area (Å²) in [5.41, 5.74) is 2.49. The number of amides is 1. The van der Waals surface area contributed by atoms with Crippen LogP contribution >= 0.6 is 0 Å². The van der Waals surface area contributed by atoms with Gasteiger partial charge in [-0.2, -0.15) is 0 Å². The van der Waals surface area contributed by atoms with Crippen molar-refractivity contribution < 1.29 is 9.18 Å². The van der Waals surface area contributed by atoms with Crippen molar-refractivity contribution in [2.45, 2.75) is 12.5 Å². The maximum atomic E-state index is 13.2. The highest BCUT2D eigenvalue weighted by Gasteiger charge is 2.17. The molecule has 1 heterocycles.